The van der Waals surface area contributed by atoms with Crippen molar-refractivity contribution < 1.29 is 4.74 Å². The van der Waals surface area contributed by atoms with Gasteiger partial charge in [0.05, 0.1) is 7.11 Å². The third-order valence-corrected chi connectivity index (χ3v) is 3.54. The van der Waals surface area contributed by atoms with Crippen LogP contribution in [-0.2, 0) is 6.54 Å². The second-order valence-electron chi connectivity index (χ2n) is 4.27. The predicted molar refractivity (Wildman–Crippen MR) is 81.5 cm³/mol. The average molecular weight is 296 g/mol. The van der Waals surface area contributed by atoms with E-state index in [1.54, 1.807) is 7.11 Å². The molecule has 1 N–H and O–H groups in total. The number of ether oxygens (including phenoxy) is 1. The zero-order valence-corrected chi connectivity index (χ0v) is 12.3. The maximum atomic E-state index is 6.09. The number of aryl methyl sites for hydroxylation is 1. The highest BCUT2D eigenvalue weighted by Gasteiger charge is 2.04. The Morgan fingerprint density at radius 1 is 1.11 bits per heavy atom. The Morgan fingerprint density at radius 3 is 2.58 bits per heavy atom. The van der Waals surface area contributed by atoms with Gasteiger partial charge >= 0.3 is 0 Å². The van der Waals surface area contributed by atoms with Crippen molar-refractivity contribution in [3.63, 3.8) is 0 Å². The zero-order valence-electron chi connectivity index (χ0n) is 10.8. The second kappa shape index (κ2) is 6.18. The lowest BCUT2D eigenvalue weighted by molar-refractivity contribution is 0.410. The van der Waals surface area contributed by atoms with Gasteiger partial charge in [0.25, 0.3) is 0 Å². The van der Waals surface area contributed by atoms with Gasteiger partial charge in [0.15, 0.2) is 0 Å². The summed E-state index contributed by atoms with van der Waals surface area (Å²) in [5, 5.41) is 4.75. The third kappa shape index (κ3) is 3.55. The number of nitrogens with one attached hydrogen (secondary N) is 1. The van der Waals surface area contributed by atoms with E-state index in [9.17, 15) is 0 Å². The Labute approximate surface area is 123 Å². The summed E-state index contributed by atoms with van der Waals surface area (Å²) in [4.78, 5) is 0. The Hall–Kier alpha value is -1.38. The molecule has 0 bridgehead atoms. The Kier molecular flexibility index (Phi) is 4.56. The molecule has 100 valence electrons. The summed E-state index contributed by atoms with van der Waals surface area (Å²) in [5.74, 6) is 0.815. The molecule has 0 atom stereocenters. The van der Waals surface area contributed by atoms with Crippen LogP contribution in [0.1, 0.15) is 11.1 Å². The summed E-state index contributed by atoms with van der Waals surface area (Å²) >= 11 is 12.1. The molecule has 0 aliphatic rings. The van der Waals surface area contributed by atoms with Crippen LogP contribution in [0.25, 0.3) is 0 Å². The van der Waals surface area contributed by atoms with E-state index in [2.05, 4.69) is 5.32 Å². The van der Waals surface area contributed by atoms with Gasteiger partial charge in [0.2, 0.25) is 0 Å². The number of anilines is 1. The maximum Gasteiger partial charge on any atom is 0.123 e. The average Bonchev–Trinajstić information content (AvgIpc) is 2.40. The van der Waals surface area contributed by atoms with Gasteiger partial charge in [-0.3, -0.25) is 0 Å². The molecule has 2 rings (SSSR count). The lowest BCUT2D eigenvalue weighted by atomic mass is 10.2. The van der Waals surface area contributed by atoms with E-state index >= 15 is 0 Å². The molecule has 0 aliphatic carbocycles. The SMILES string of the molecule is COc1ccc(Cl)cc1CNc1ccc(C)c(Cl)c1. The highest BCUT2D eigenvalue weighted by atomic mass is 35.5. The fraction of sp³-hybridized carbons (Fsp3) is 0.200. The number of halogens is 2. The van der Waals surface area contributed by atoms with Gasteiger partial charge in [-0.15, -0.1) is 0 Å². The first-order valence-electron chi connectivity index (χ1n) is 5.92. The molecule has 0 spiro atoms. The number of methoxy groups -OCH3 is 1. The minimum Gasteiger partial charge on any atom is -0.496 e. The van der Waals surface area contributed by atoms with Crippen LogP contribution in [0.2, 0.25) is 10.0 Å². The fourth-order valence-corrected chi connectivity index (χ4v) is 2.16. The molecule has 2 nitrogen and oxygen atoms in total. The molecular weight excluding hydrogens is 281 g/mol. The highest BCUT2D eigenvalue weighted by Crippen LogP contribution is 2.25. The molecule has 0 aromatic heterocycles. The Balaban J connectivity index is 2.13. The van der Waals surface area contributed by atoms with Crippen molar-refractivity contribution in [2.75, 3.05) is 12.4 Å². The molecule has 0 unspecified atom stereocenters. The normalized spacial score (nSPS) is 10.3. The topological polar surface area (TPSA) is 21.3 Å². The van der Waals surface area contributed by atoms with Gasteiger partial charge in [-0.05, 0) is 42.8 Å². The molecule has 19 heavy (non-hydrogen) atoms. The molecule has 0 aliphatic heterocycles. The molecule has 4 heteroatoms. The first-order chi connectivity index (χ1) is 9.10. The minimum atomic E-state index is 0.628. The zero-order chi connectivity index (χ0) is 13.8. The van der Waals surface area contributed by atoms with Crippen molar-refractivity contribution in [3.8, 4) is 5.75 Å². The molecule has 0 heterocycles. The number of hydrogen-bond donors (Lipinski definition) is 1. The van der Waals surface area contributed by atoms with Crippen molar-refractivity contribution in [1.82, 2.24) is 0 Å². The molecule has 2 aromatic rings. The Bertz CT molecular complexity index is 584. The van der Waals surface area contributed by atoms with Crippen molar-refractivity contribution >= 4 is 28.9 Å². The van der Waals surface area contributed by atoms with Crippen LogP contribution in [0.15, 0.2) is 36.4 Å². The van der Waals surface area contributed by atoms with Crippen molar-refractivity contribution in [3.05, 3.63) is 57.6 Å². The van der Waals surface area contributed by atoms with Crippen LogP contribution in [-0.4, -0.2) is 7.11 Å². The molecular formula is C15H15Cl2NO. The van der Waals surface area contributed by atoms with E-state index in [0.29, 0.717) is 11.6 Å². The predicted octanol–water partition coefficient (Wildman–Crippen LogP) is 4.92. The smallest absolute Gasteiger partial charge is 0.123 e. The van der Waals surface area contributed by atoms with E-state index < -0.39 is 0 Å². The standard InChI is InChI=1S/C15H15Cl2NO/c1-10-3-5-13(8-14(10)17)18-9-11-7-12(16)4-6-15(11)19-2/h3-8,18H,9H2,1-2H3. The van der Waals surface area contributed by atoms with Crippen LogP contribution in [0, 0.1) is 6.92 Å². The summed E-state index contributed by atoms with van der Waals surface area (Å²) in [5.41, 5.74) is 3.04. The second-order valence-corrected chi connectivity index (χ2v) is 5.12. The van der Waals surface area contributed by atoms with E-state index in [-0.39, 0.29) is 0 Å². The van der Waals surface area contributed by atoms with Gasteiger partial charge in [0.1, 0.15) is 5.75 Å². The van der Waals surface area contributed by atoms with Crippen molar-refractivity contribution in [2.45, 2.75) is 13.5 Å². The first kappa shape index (κ1) is 14.0. The van der Waals surface area contributed by atoms with Crippen LogP contribution in [0.4, 0.5) is 5.69 Å². The molecule has 0 radical (unpaired) electrons. The molecule has 0 fully saturated rings. The number of hydrogen-bond acceptors (Lipinski definition) is 2. The number of rotatable bonds is 4. The van der Waals surface area contributed by atoms with Gasteiger partial charge in [0, 0.05) is 27.8 Å². The van der Waals surface area contributed by atoms with Gasteiger partial charge in [-0.1, -0.05) is 29.3 Å². The lowest BCUT2D eigenvalue weighted by Crippen LogP contribution is -2.01. The third-order valence-electron chi connectivity index (χ3n) is 2.90. The van der Waals surface area contributed by atoms with E-state index in [1.807, 2.05) is 43.3 Å². The van der Waals surface area contributed by atoms with Gasteiger partial charge in [-0.25, -0.2) is 0 Å². The highest BCUT2D eigenvalue weighted by molar-refractivity contribution is 6.31. The summed E-state index contributed by atoms with van der Waals surface area (Å²) < 4.78 is 5.31. The molecule has 0 saturated heterocycles. The largest absolute Gasteiger partial charge is 0.496 e. The summed E-state index contributed by atoms with van der Waals surface area (Å²) in [6.07, 6.45) is 0. The molecule has 0 amide bonds. The van der Waals surface area contributed by atoms with Crippen LogP contribution in [0.3, 0.4) is 0 Å². The lowest BCUT2D eigenvalue weighted by Gasteiger charge is -2.11. The monoisotopic (exact) mass is 295 g/mol. The summed E-state index contributed by atoms with van der Waals surface area (Å²) in [7, 11) is 1.65. The van der Waals surface area contributed by atoms with E-state index in [4.69, 9.17) is 27.9 Å². The van der Waals surface area contributed by atoms with Crippen molar-refractivity contribution in [1.29, 1.82) is 0 Å². The van der Waals surface area contributed by atoms with E-state index in [1.165, 1.54) is 0 Å². The summed E-state index contributed by atoms with van der Waals surface area (Å²) in [6.45, 7) is 2.61. The van der Waals surface area contributed by atoms with Crippen molar-refractivity contribution in [2.24, 2.45) is 0 Å². The molecule has 2 aromatic carbocycles. The van der Waals surface area contributed by atoms with E-state index in [0.717, 1.165) is 27.6 Å². The van der Waals surface area contributed by atoms with Crippen LogP contribution < -0.4 is 10.1 Å². The fourth-order valence-electron chi connectivity index (χ4n) is 1.79. The summed E-state index contributed by atoms with van der Waals surface area (Å²) in [6, 6.07) is 11.5. The van der Waals surface area contributed by atoms with Gasteiger partial charge < -0.3 is 10.1 Å². The quantitative estimate of drug-likeness (QED) is 0.864. The van der Waals surface area contributed by atoms with Crippen LogP contribution in [0.5, 0.6) is 5.75 Å². The maximum absolute atomic E-state index is 6.09. The molecule has 0 saturated carbocycles. The first-order valence-corrected chi connectivity index (χ1v) is 6.68. The van der Waals surface area contributed by atoms with Gasteiger partial charge in [-0.2, -0.15) is 0 Å². The minimum absolute atomic E-state index is 0.628. The van der Waals surface area contributed by atoms with Crippen LogP contribution >= 0.6 is 23.2 Å². The number of benzene rings is 2. The Morgan fingerprint density at radius 2 is 1.89 bits per heavy atom.